The van der Waals surface area contributed by atoms with Gasteiger partial charge in [0.2, 0.25) is 0 Å². The maximum absolute atomic E-state index is 11.6. The van der Waals surface area contributed by atoms with Gasteiger partial charge in [0.15, 0.2) is 0 Å². The Morgan fingerprint density at radius 2 is 1.90 bits per heavy atom. The fourth-order valence-corrected chi connectivity index (χ4v) is 1.78. The summed E-state index contributed by atoms with van der Waals surface area (Å²) in [5.74, 6) is 0.794. The summed E-state index contributed by atoms with van der Waals surface area (Å²) in [5.41, 5.74) is 0.189. The van der Waals surface area contributed by atoms with Crippen LogP contribution in [0.25, 0.3) is 0 Å². The van der Waals surface area contributed by atoms with Crippen LogP contribution in [0.15, 0.2) is 24.3 Å². The first kappa shape index (κ1) is 15.6. The van der Waals surface area contributed by atoms with Gasteiger partial charge in [-0.05, 0) is 57.9 Å². The van der Waals surface area contributed by atoms with Gasteiger partial charge in [0.1, 0.15) is 18.0 Å². The number of hydrogen-bond donors (Lipinski definition) is 2. The highest BCUT2D eigenvalue weighted by Gasteiger charge is 2.19. The molecule has 5 heteroatoms. The van der Waals surface area contributed by atoms with E-state index in [1.165, 1.54) is 12.8 Å². The van der Waals surface area contributed by atoms with E-state index in [0.29, 0.717) is 18.3 Å². The van der Waals surface area contributed by atoms with Crippen LogP contribution in [-0.4, -0.2) is 30.9 Å². The Kier molecular flexibility index (Phi) is 5.07. The summed E-state index contributed by atoms with van der Waals surface area (Å²) >= 11 is 0. The van der Waals surface area contributed by atoms with Crippen LogP contribution in [0.2, 0.25) is 0 Å². The van der Waals surface area contributed by atoms with Crippen molar-refractivity contribution in [2.24, 2.45) is 0 Å². The molecule has 1 fully saturated rings. The molecule has 1 aromatic carbocycles. The van der Waals surface area contributed by atoms with Gasteiger partial charge in [-0.25, -0.2) is 4.79 Å². The Morgan fingerprint density at radius 1 is 1.24 bits per heavy atom. The van der Waals surface area contributed by atoms with E-state index in [1.54, 1.807) is 12.1 Å². The molecule has 0 unspecified atom stereocenters. The molecule has 21 heavy (non-hydrogen) atoms. The molecule has 116 valence electrons. The fourth-order valence-electron chi connectivity index (χ4n) is 1.78. The number of carbonyl (C=O) groups excluding carboxylic acids is 1. The highest BCUT2D eigenvalue weighted by molar-refractivity contribution is 5.84. The van der Waals surface area contributed by atoms with Gasteiger partial charge in [-0.15, -0.1) is 0 Å². The molecule has 5 nitrogen and oxygen atoms in total. The molecule has 0 bridgehead atoms. The molecule has 1 amide bonds. The highest BCUT2D eigenvalue weighted by atomic mass is 16.6. The summed E-state index contributed by atoms with van der Waals surface area (Å²) in [5, 5.41) is 6.07. The number of amides is 1. The molecule has 1 aromatic rings. The normalized spacial score (nSPS) is 14.6. The lowest BCUT2D eigenvalue weighted by molar-refractivity contribution is 0.0636. The van der Waals surface area contributed by atoms with E-state index >= 15 is 0 Å². The Balaban J connectivity index is 1.71. The summed E-state index contributed by atoms with van der Waals surface area (Å²) < 4.78 is 10.8. The maximum Gasteiger partial charge on any atom is 0.412 e. The lowest BCUT2D eigenvalue weighted by Crippen LogP contribution is -2.27. The van der Waals surface area contributed by atoms with Crippen molar-refractivity contribution in [3.05, 3.63) is 24.3 Å². The number of benzene rings is 1. The molecule has 0 spiro atoms. The summed E-state index contributed by atoms with van der Waals surface area (Å²) in [6, 6.07) is 7.98. The zero-order valence-electron chi connectivity index (χ0n) is 12.9. The largest absolute Gasteiger partial charge is 0.492 e. The van der Waals surface area contributed by atoms with Crippen molar-refractivity contribution in [3.63, 3.8) is 0 Å². The third kappa shape index (κ3) is 6.49. The number of ether oxygens (including phenoxy) is 2. The van der Waals surface area contributed by atoms with Gasteiger partial charge in [-0.2, -0.15) is 0 Å². The van der Waals surface area contributed by atoms with Gasteiger partial charge in [-0.1, -0.05) is 0 Å². The quantitative estimate of drug-likeness (QED) is 0.791. The van der Waals surface area contributed by atoms with Gasteiger partial charge in [0.25, 0.3) is 0 Å². The highest BCUT2D eigenvalue weighted by Crippen LogP contribution is 2.19. The van der Waals surface area contributed by atoms with Crippen LogP contribution < -0.4 is 15.4 Å². The second-order valence-corrected chi connectivity index (χ2v) is 6.23. The molecule has 0 radical (unpaired) electrons. The SMILES string of the molecule is CC(C)(C)OC(=O)Nc1ccc(OCCNC2CC2)cc1. The fraction of sp³-hybridized carbons (Fsp3) is 0.562. The number of nitrogens with one attached hydrogen (secondary N) is 2. The van der Waals surface area contributed by atoms with Gasteiger partial charge < -0.3 is 14.8 Å². The number of anilines is 1. The first-order chi connectivity index (χ1) is 9.92. The van der Waals surface area contributed by atoms with Crippen molar-refractivity contribution < 1.29 is 14.3 Å². The van der Waals surface area contributed by atoms with E-state index in [-0.39, 0.29) is 0 Å². The van der Waals surface area contributed by atoms with Gasteiger partial charge >= 0.3 is 6.09 Å². The average molecular weight is 292 g/mol. The van der Waals surface area contributed by atoms with E-state index in [9.17, 15) is 4.79 Å². The summed E-state index contributed by atoms with van der Waals surface area (Å²) in [6.07, 6.45) is 2.11. The average Bonchev–Trinajstić information content (AvgIpc) is 3.18. The van der Waals surface area contributed by atoms with E-state index in [4.69, 9.17) is 9.47 Å². The van der Waals surface area contributed by atoms with Crippen molar-refractivity contribution >= 4 is 11.8 Å². The van der Waals surface area contributed by atoms with Crippen LogP contribution in [0, 0.1) is 0 Å². The van der Waals surface area contributed by atoms with Crippen LogP contribution in [-0.2, 0) is 4.74 Å². The molecule has 1 aliphatic carbocycles. The molecule has 1 aliphatic rings. The van der Waals surface area contributed by atoms with E-state index in [0.717, 1.165) is 12.3 Å². The summed E-state index contributed by atoms with van der Waals surface area (Å²) in [7, 11) is 0. The molecular formula is C16H24N2O3. The zero-order chi connectivity index (χ0) is 15.3. The molecule has 0 aromatic heterocycles. The predicted octanol–water partition coefficient (Wildman–Crippen LogP) is 3.16. The molecule has 2 N–H and O–H groups in total. The van der Waals surface area contributed by atoms with Crippen molar-refractivity contribution in [1.29, 1.82) is 0 Å². The second kappa shape index (κ2) is 6.80. The summed E-state index contributed by atoms with van der Waals surface area (Å²) in [4.78, 5) is 11.6. The van der Waals surface area contributed by atoms with Gasteiger partial charge in [0, 0.05) is 18.3 Å². The topological polar surface area (TPSA) is 59.6 Å². The minimum Gasteiger partial charge on any atom is -0.492 e. The van der Waals surface area contributed by atoms with Crippen molar-refractivity contribution in [3.8, 4) is 5.75 Å². The minimum atomic E-state index is -0.498. The third-order valence-corrected chi connectivity index (χ3v) is 2.88. The smallest absolute Gasteiger partial charge is 0.412 e. The third-order valence-electron chi connectivity index (χ3n) is 2.88. The summed E-state index contributed by atoms with van der Waals surface area (Å²) in [6.45, 7) is 7.01. The Bertz CT molecular complexity index is 461. The number of carbonyl (C=O) groups is 1. The van der Waals surface area contributed by atoms with E-state index < -0.39 is 11.7 Å². The lowest BCUT2D eigenvalue weighted by atomic mass is 10.2. The molecule has 0 aliphatic heterocycles. The van der Waals surface area contributed by atoms with Gasteiger partial charge in [0.05, 0.1) is 0 Å². The van der Waals surface area contributed by atoms with Crippen LogP contribution >= 0.6 is 0 Å². The molecule has 0 atom stereocenters. The number of rotatable bonds is 6. The molecule has 1 saturated carbocycles. The Hall–Kier alpha value is -1.75. The number of hydrogen-bond acceptors (Lipinski definition) is 4. The molecule has 0 saturated heterocycles. The van der Waals surface area contributed by atoms with Crippen LogP contribution in [0.4, 0.5) is 10.5 Å². The van der Waals surface area contributed by atoms with Crippen molar-refractivity contribution in [2.45, 2.75) is 45.3 Å². The predicted molar refractivity (Wildman–Crippen MR) is 82.8 cm³/mol. The van der Waals surface area contributed by atoms with E-state index in [2.05, 4.69) is 10.6 Å². The van der Waals surface area contributed by atoms with Gasteiger partial charge in [-0.3, -0.25) is 5.32 Å². The molecule has 2 rings (SSSR count). The Morgan fingerprint density at radius 3 is 2.48 bits per heavy atom. The standard InChI is InChI=1S/C16H24N2O3/c1-16(2,3)21-15(19)18-13-6-8-14(9-7-13)20-11-10-17-12-4-5-12/h6-9,12,17H,4-5,10-11H2,1-3H3,(H,18,19). The molecule has 0 heterocycles. The van der Waals surface area contributed by atoms with Crippen LogP contribution in [0.1, 0.15) is 33.6 Å². The first-order valence-electron chi connectivity index (χ1n) is 7.39. The van der Waals surface area contributed by atoms with Crippen molar-refractivity contribution in [1.82, 2.24) is 5.32 Å². The molecular weight excluding hydrogens is 268 g/mol. The minimum absolute atomic E-state index is 0.454. The van der Waals surface area contributed by atoms with Crippen LogP contribution in [0.3, 0.4) is 0 Å². The van der Waals surface area contributed by atoms with E-state index in [1.807, 2.05) is 32.9 Å². The van der Waals surface area contributed by atoms with Crippen molar-refractivity contribution in [2.75, 3.05) is 18.5 Å². The second-order valence-electron chi connectivity index (χ2n) is 6.23. The lowest BCUT2D eigenvalue weighted by Gasteiger charge is -2.19. The zero-order valence-corrected chi connectivity index (χ0v) is 12.9. The maximum atomic E-state index is 11.6. The Labute approximate surface area is 126 Å². The van der Waals surface area contributed by atoms with Crippen LogP contribution in [0.5, 0.6) is 5.75 Å². The monoisotopic (exact) mass is 292 g/mol. The first-order valence-corrected chi connectivity index (χ1v) is 7.39.